The highest BCUT2D eigenvalue weighted by Gasteiger charge is 2.08. The number of hydrogen-bond acceptors (Lipinski definition) is 5. The van der Waals surface area contributed by atoms with Gasteiger partial charge in [0.25, 0.3) is 5.89 Å². The van der Waals surface area contributed by atoms with Crippen molar-refractivity contribution in [2.24, 2.45) is 5.73 Å². The highest BCUT2D eigenvalue weighted by Crippen LogP contribution is 2.18. The van der Waals surface area contributed by atoms with Gasteiger partial charge in [-0.3, -0.25) is 0 Å². The maximum absolute atomic E-state index is 5.52. The molecule has 0 fully saturated rings. The Balaban J connectivity index is 2.01. The topological polar surface area (TPSA) is 74.2 Å². The molecular formula is C14H19N3O2. The Morgan fingerprint density at radius 3 is 2.68 bits per heavy atom. The lowest BCUT2D eigenvalue weighted by Crippen LogP contribution is -2.02. The summed E-state index contributed by atoms with van der Waals surface area (Å²) >= 11 is 0. The summed E-state index contributed by atoms with van der Waals surface area (Å²) in [4.78, 5) is 4.37. The zero-order chi connectivity index (χ0) is 13.5. The Morgan fingerprint density at radius 2 is 2.00 bits per heavy atom. The number of ether oxygens (including phenoxy) is 1. The first-order valence-corrected chi connectivity index (χ1v) is 6.44. The molecule has 5 heteroatoms. The molecule has 2 aromatic rings. The van der Waals surface area contributed by atoms with Crippen LogP contribution in [0.2, 0.25) is 0 Å². The minimum atomic E-state index is 0.562. The normalized spacial score (nSPS) is 10.8. The smallest absolute Gasteiger partial charge is 0.257 e. The van der Waals surface area contributed by atoms with Crippen molar-refractivity contribution in [3.05, 3.63) is 35.7 Å². The van der Waals surface area contributed by atoms with E-state index >= 15 is 0 Å². The molecule has 5 nitrogen and oxygen atoms in total. The van der Waals surface area contributed by atoms with E-state index in [4.69, 9.17) is 15.0 Å². The van der Waals surface area contributed by atoms with Crippen molar-refractivity contribution in [1.82, 2.24) is 10.1 Å². The van der Waals surface area contributed by atoms with Crippen molar-refractivity contribution < 1.29 is 9.26 Å². The van der Waals surface area contributed by atoms with E-state index in [1.165, 1.54) is 5.56 Å². The average molecular weight is 261 g/mol. The van der Waals surface area contributed by atoms with Crippen LogP contribution in [0.25, 0.3) is 11.5 Å². The van der Waals surface area contributed by atoms with Crippen molar-refractivity contribution in [3.63, 3.8) is 0 Å². The van der Waals surface area contributed by atoms with Gasteiger partial charge in [0.05, 0.1) is 0 Å². The van der Waals surface area contributed by atoms with Gasteiger partial charge in [0, 0.05) is 25.7 Å². The van der Waals surface area contributed by atoms with Gasteiger partial charge in [-0.1, -0.05) is 17.3 Å². The minimum Gasteiger partial charge on any atom is -0.385 e. The van der Waals surface area contributed by atoms with Crippen LogP contribution < -0.4 is 5.73 Å². The lowest BCUT2D eigenvalue weighted by molar-refractivity contribution is 0.194. The Hall–Kier alpha value is -1.72. The first-order chi connectivity index (χ1) is 9.33. The van der Waals surface area contributed by atoms with Crippen LogP contribution in [0, 0.1) is 0 Å². The van der Waals surface area contributed by atoms with E-state index in [1.54, 1.807) is 7.11 Å². The molecule has 0 aliphatic carbocycles. The molecule has 0 aliphatic heterocycles. The van der Waals surface area contributed by atoms with Gasteiger partial charge in [-0.2, -0.15) is 4.98 Å². The summed E-state index contributed by atoms with van der Waals surface area (Å²) in [6, 6.07) is 8.04. The van der Waals surface area contributed by atoms with Crippen LogP contribution in [-0.2, 0) is 17.6 Å². The Kier molecular flexibility index (Phi) is 5.06. The number of aryl methyl sites for hydroxylation is 1. The summed E-state index contributed by atoms with van der Waals surface area (Å²) in [5.41, 5.74) is 7.67. The Labute approximate surface area is 112 Å². The van der Waals surface area contributed by atoms with E-state index in [2.05, 4.69) is 10.1 Å². The number of rotatable bonds is 7. The van der Waals surface area contributed by atoms with Gasteiger partial charge < -0.3 is 15.0 Å². The quantitative estimate of drug-likeness (QED) is 0.769. The first kappa shape index (κ1) is 13.7. The third-order valence-electron chi connectivity index (χ3n) is 2.85. The zero-order valence-electron chi connectivity index (χ0n) is 11.1. The van der Waals surface area contributed by atoms with E-state index in [9.17, 15) is 0 Å². The van der Waals surface area contributed by atoms with Crippen molar-refractivity contribution >= 4 is 0 Å². The van der Waals surface area contributed by atoms with Gasteiger partial charge in [0.2, 0.25) is 0 Å². The lowest BCUT2D eigenvalue weighted by atomic mass is 10.1. The number of hydrogen-bond donors (Lipinski definition) is 1. The van der Waals surface area contributed by atoms with Crippen LogP contribution in [0.15, 0.2) is 28.8 Å². The highest BCUT2D eigenvalue weighted by atomic mass is 16.5. The third kappa shape index (κ3) is 3.87. The van der Waals surface area contributed by atoms with Crippen LogP contribution in [0.5, 0.6) is 0 Å². The molecule has 1 aromatic heterocycles. The van der Waals surface area contributed by atoms with Crippen molar-refractivity contribution in [2.75, 3.05) is 20.3 Å². The largest absolute Gasteiger partial charge is 0.385 e. The fourth-order valence-electron chi connectivity index (χ4n) is 1.83. The molecule has 0 atom stereocenters. The zero-order valence-corrected chi connectivity index (χ0v) is 11.1. The van der Waals surface area contributed by atoms with Gasteiger partial charge in [0.15, 0.2) is 5.82 Å². The molecule has 0 saturated heterocycles. The summed E-state index contributed by atoms with van der Waals surface area (Å²) in [7, 11) is 1.69. The average Bonchev–Trinajstić information content (AvgIpc) is 2.89. The number of aromatic nitrogens is 2. The standard InChI is InChI=1S/C14H19N3O2/c1-18-10-2-3-13-16-14(19-17-13)12-6-4-11(5-7-12)8-9-15/h4-7H,2-3,8-10,15H2,1H3. The maximum atomic E-state index is 5.52. The number of nitrogens with zero attached hydrogens (tertiary/aromatic N) is 2. The predicted molar refractivity (Wildman–Crippen MR) is 72.7 cm³/mol. The second-order valence-electron chi connectivity index (χ2n) is 4.35. The van der Waals surface area contributed by atoms with Crippen LogP contribution in [0.3, 0.4) is 0 Å². The Bertz CT molecular complexity index is 494. The van der Waals surface area contributed by atoms with E-state index in [0.717, 1.165) is 30.7 Å². The predicted octanol–water partition coefficient (Wildman–Crippen LogP) is 1.82. The van der Waals surface area contributed by atoms with Crippen LogP contribution in [-0.4, -0.2) is 30.4 Å². The van der Waals surface area contributed by atoms with Crippen LogP contribution in [0.1, 0.15) is 17.8 Å². The van der Waals surface area contributed by atoms with Crippen molar-refractivity contribution in [3.8, 4) is 11.5 Å². The lowest BCUT2D eigenvalue weighted by Gasteiger charge is -1.99. The summed E-state index contributed by atoms with van der Waals surface area (Å²) in [5.74, 6) is 1.28. The third-order valence-corrected chi connectivity index (χ3v) is 2.85. The molecule has 19 heavy (non-hydrogen) atoms. The van der Waals surface area contributed by atoms with Gasteiger partial charge in [-0.15, -0.1) is 0 Å². The molecule has 0 amide bonds. The van der Waals surface area contributed by atoms with Crippen molar-refractivity contribution in [1.29, 1.82) is 0 Å². The Morgan fingerprint density at radius 1 is 1.21 bits per heavy atom. The molecule has 102 valence electrons. The van der Waals surface area contributed by atoms with E-state index in [1.807, 2.05) is 24.3 Å². The van der Waals surface area contributed by atoms with Crippen molar-refractivity contribution in [2.45, 2.75) is 19.3 Å². The fraction of sp³-hybridized carbons (Fsp3) is 0.429. The van der Waals surface area contributed by atoms with Gasteiger partial charge >= 0.3 is 0 Å². The number of methoxy groups -OCH3 is 1. The molecule has 2 rings (SSSR count). The molecule has 0 spiro atoms. The van der Waals surface area contributed by atoms with E-state index in [0.29, 0.717) is 19.0 Å². The summed E-state index contributed by atoms with van der Waals surface area (Å²) in [5, 5.41) is 3.96. The van der Waals surface area contributed by atoms with Gasteiger partial charge in [-0.25, -0.2) is 0 Å². The number of nitrogens with two attached hydrogens (primary N) is 1. The van der Waals surface area contributed by atoms with E-state index in [-0.39, 0.29) is 0 Å². The molecule has 0 radical (unpaired) electrons. The molecule has 1 heterocycles. The number of benzene rings is 1. The summed E-state index contributed by atoms with van der Waals surface area (Å²) in [6.07, 6.45) is 2.54. The van der Waals surface area contributed by atoms with Crippen LogP contribution >= 0.6 is 0 Å². The second-order valence-corrected chi connectivity index (χ2v) is 4.35. The first-order valence-electron chi connectivity index (χ1n) is 6.44. The molecule has 1 aromatic carbocycles. The minimum absolute atomic E-state index is 0.562. The molecule has 0 bridgehead atoms. The maximum Gasteiger partial charge on any atom is 0.257 e. The summed E-state index contributed by atoms with van der Waals surface area (Å²) in [6.45, 7) is 1.36. The summed E-state index contributed by atoms with van der Waals surface area (Å²) < 4.78 is 10.2. The molecule has 0 aliphatic rings. The van der Waals surface area contributed by atoms with Gasteiger partial charge in [-0.05, 0) is 37.1 Å². The van der Waals surface area contributed by atoms with Gasteiger partial charge in [0.1, 0.15) is 0 Å². The molecular weight excluding hydrogens is 242 g/mol. The monoisotopic (exact) mass is 261 g/mol. The molecule has 0 saturated carbocycles. The molecule has 0 unspecified atom stereocenters. The van der Waals surface area contributed by atoms with Crippen LogP contribution in [0.4, 0.5) is 0 Å². The fourth-order valence-corrected chi connectivity index (χ4v) is 1.83. The SMILES string of the molecule is COCCCc1noc(-c2ccc(CCN)cc2)n1. The second kappa shape index (κ2) is 7.01. The molecule has 2 N–H and O–H groups in total. The van der Waals surface area contributed by atoms with E-state index < -0.39 is 0 Å². The highest BCUT2D eigenvalue weighted by molar-refractivity contribution is 5.53.